The Balaban J connectivity index is 3.02. The molecular formula is C16H23NO3S. The van der Waals surface area contributed by atoms with Gasteiger partial charge in [0.1, 0.15) is 0 Å². The summed E-state index contributed by atoms with van der Waals surface area (Å²) in [4.78, 5) is 0.183. The Morgan fingerprint density at radius 2 is 1.95 bits per heavy atom. The van der Waals surface area contributed by atoms with Gasteiger partial charge in [-0.05, 0) is 24.0 Å². The van der Waals surface area contributed by atoms with E-state index in [1.165, 1.54) is 0 Å². The number of aliphatic hydroxyl groups is 1. The van der Waals surface area contributed by atoms with Crippen molar-refractivity contribution in [3.05, 3.63) is 29.8 Å². The fraction of sp³-hybridized carbons (Fsp3) is 0.500. The first-order chi connectivity index (χ1) is 9.82. The molecule has 2 N–H and O–H groups in total. The molecule has 4 nitrogen and oxygen atoms in total. The fourth-order valence-electron chi connectivity index (χ4n) is 1.51. The van der Waals surface area contributed by atoms with Crippen LogP contribution >= 0.6 is 0 Å². The van der Waals surface area contributed by atoms with Crippen molar-refractivity contribution in [3.63, 3.8) is 0 Å². The van der Waals surface area contributed by atoms with Crippen LogP contribution < -0.4 is 4.72 Å². The summed E-state index contributed by atoms with van der Waals surface area (Å²) in [6.07, 6.45) is 1.21. The summed E-state index contributed by atoms with van der Waals surface area (Å²) in [5.74, 6) is 5.56. The van der Waals surface area contributed by atoms with E-state index in [1.54, 1.807) is 24.3 Å². The Hall–Kier alpha value is -1.35. The van der Waals surface area contributed by atoms with Gasteiger partial charge in [0.15, 0.2) is 0 Å². The lowest BCUT2D eigenvalue weighted by Gasteiger charge is -2.23. The summed E-state index contributed by atoms with van der Waals surface area (Å²) < 4.78 is 27.5. The van der Waals surface area contributed by atoms with Crippen molar-refractivity contribution in [2.75, 3.05) is 13.2 Å². The number of nitrogens with one attached hydrogen (secondary N) is 1. The highest BCUT2D eigenvalue weighted by molar-refractivity contribution is 7.89. The Kier molecular flexibility index (Phi) is 6.41. The lowest BCUT2D eigenvalue weighted by atomic mass is 9.91. The zero-order valence-electron chi connectivity index (χ0n) is 12.8. The van der Waals surface area contributed by atoms with Gasteiger partial charge in [0.2, 0.25) is 10.0 Å². The van der Waals surface area contributed by atoms with E-state index in [2.05, 4.69) is 16.6 Å². The van der Waals surface area contributed by atoms with Crippen LogP contribution in [-0.4, -0.2) is 26.7 Å². The first-order valence-electron chi connectivity index (χ1n) is 7.01. The molecule has 0 aliphatic rings. The Morgan fingerprint density at radius 1 is 1.29 bits per heavy atom. The zero-order valence-corrected chi connectivity index (χ0v) is 13.6. The van der Waals surface area contributed by atoms with Gasteiger partial charge >= 0.3 is 0 Å². The average molecular weight is 309 g/mol. The van der Waals surface area contributed by atoms with Gasteiger partial charge in [0.25, 0.3) is 0 Å². The molecular weight excluding hydrogens is 286 g/mol. The third-order valence-electron chi connectivity index (χ3n) is 3.33. The zero-order chi connectivity index (χ0) is 15.9. The van der Waals surface area contributed by atoms with Gasteiger partial charge in [-0.1, -0.05) is 44.7 Å². The summed E-state index contributed by atoms with van der Waals surface area (Å²) in [7, 11) is -3.59. The van der Waals surface area contributed by atoms with E-state index < -0.39 is 10.0 Å². The van der Waals surface area contributed by atoms with Crippen molar-refractivity contribution in [1.82, 2.24) is 4.72 Å². The van der Waals surface area contributed by atoms with Crippen LogP contribution in [0.3, 0.4) is 0 Å². The molecule has 0 heterocycles. The quantitative estimate of drug-likeness (QED) is 0.791. The molecule has 0 unspecified atom stereocenters. The van der Waals surface area contributed by atoms with Crippen LogP contribution in [0.4, 0.5) is 0 Å². The van der Waals surface area contributed by atoms with Gasteiger partial charge in [-0.15, -0.1) is 0 Å². The highest BCUT2D eigenvalue weighted by Gasteiger charge is 2.22. The van der Waals surface area contributed by atoms with Crippen molar-refractivity contribution in [2.24, 2.45) is 5.41 Å². The molecule has 0 radical (unpaired) electrons. The predicted octanol–water partition coefficient (Wildman–Crippen LogP) is 2.14. The van der Waals surface area contributed by atoms with Crippen LogP contribution in [0, 0.1) is 17.3 Å². The molecule has 0 spiro atoms. The van der Waals surface area contributed by atoms with Crippen LogP contribution in [0.5, 0.6) is 0 Å². The minimum Gasteiger partial charge on any atom is -0.395 e. The van der Waals surface area contributed by atoms with Crippen molar-refractivity contribution in [1.29, 1.82) is 0 Å². The molecule has 1 aromatic rings. The lowest BCUT2D eigenvalue weighted by molar-refractivity contribution is 0.305. The van der Waals surface area contributed by atoms with E-state index in [1.807, 2.05) is 20.8 Å². The van der Waals surface area contributed by atoms with E-state index in [9.17, 15) is 8.42 Å². The number of aliphatic hydroxyl groups excluding tert-OH is 1. The number of rotatable bonds is 6. The first-order valence-corrected chi connectivity index (χ1v) is 8.49. The van der Waals surface area contributed by atoms with Crippen LogP contribution in [-0.2, 0) is 10.0 Å². The maximum absolute atomic E-state index is 12.4. The molecule has 0 aliphatic carbocycles. The molecule has 0 atom stereocenters. The molecule has 1 aromatic carbocycles. The van der Waals surface area contributed by atoms with Crippen LogP contribution in [0.2, 0.25) is 0 Å². The monoisotopic (exact) mass is 309 g/mol. The summed E-state index contributed by atoms with van der Waals surface area (Å²) in [6.45, 7) is 6.41. The van der Waals surface area contributed by atoms with E-state index in [0.29, 0.717) is 18.5 Å². The Bertz CT molecular complexity index is 624. The number of sulfonamides is 1. The van der Waals surface area contributed by atoms with Crippen molar-refractivity contribution in [2.45, 2.75) is 38.5 Å². The summed E-state index contributed by atoms with van der Waals surface area (Å²) in [5, 5.41) is 8.74. The van der Waals surface area contributed by atoms with E-state index in [-0.39, 0.29) is 16.9 Å². The van der Waals surface area contributed by atoms with Crippen molar-refractivity contribution < 1.29 is 13.5 Å². The second kappa shape index (κ2) is 7.60. The van der Waals surface area contributed by atoms with Crippen LogP contribution in [0.25, 0.3) is 0 Å². The molecule has 5 heteroatoms. The SMILES string of the molecule is CCC(C)(C)CNS(=O)(=O)c1ccccc1C#CCCO. The smallest absolute Gasteiger partial charge is 0.241 e. The largest absolute Gasteiger partial charge is 0.395 e. The van der Waals surface area contributed by atoms with E-state index in [0.717, 1.165) is 6.42 Å². The number of benzene rings is 1. The van der Waals surface area contributed by atoms with Gasteiger partial charge in [-0.3, -0.25) is 0 Å². The minimum absolute atomic E-state index is 0.0368. The lowest BCUT2D eigenvalue weighted by Crippen LogP contribution is -2.34. The van der Waals surface area contributed by atoms with Gasteiger partial charge in [-0.25, -0.2) is 13.1 Å². The number of hydrogen-bond acceptors (Lipinski definition) is 3. The molecule has 0 aliphatic heterocycles. The average Bonchev–Trinajstić information content (AvgIpc) is 2.46. The molecule has 0 fully saturated rings. The topological polar surface area (TPSA) is 66.4 Å². The van der Waals surface area contributed by atoms with Gasteiger partial charge in [-0.2, -0.15) is 0 Å². The van der Waals surface area contributed by atoms with Crippen molar-refractivity contribution >= 4 is 10.0 Å². The maximum atomic E-state index is 12.4. The highest BCUT2D eigenvalue weighted by Crippen LogP contribution is 2.20. The third kappa shape index (κ3) is 5.50. The van der Waals surface area contributed by atoms with E-state index in [4.69, 9.17) is 5.11 Å². The van der Waals surface area contributed by atoms with Gasteiger partial charge < -0.3 is 5.11 Å². The van der Waals surface area contributed by atoms with Gasteiger partial charge in [0.05, 0.1) is 11.5 Å². The Morgan fingerprint density at radius 3 is 2.57 bits per heavy atom. The molecule has 0 saturated heterocycles. The molecule has 0 aromatic heterocycles. The summed E-state index contributed by atoms with van der Waals surface area (Å²) in [5.41, 5.74) is 0.359. The molecule has 0 bridgehead atoms. The predicted molar refractivity (Wildman–Crippen MR) is 84.3 cm³/mol. The minimum atomic E-state index is -3.59. The van der Waals surface area contributed by atoms with Crippen molar-refractivity contribution in [3.8, 4) is 11.8 Å². The van der Waals surface area contributed by atoms with Crippen LogP contribution in [0.1, 0.15) is 39.2 Å². The van der Waals surface area contributed by atoms with Gasteiger partial charge in [0, 0.05) is 18.5 Å². The molecule has 116 valence electrons. The summed E-state index contributed by atoms with van der Waals surface area (Å²) in [6, 6.07) is 6.64. The first kappa shape index (κ1) is 17.7. The highest BCUT2D eigenvalue weighted by atomic mass is 32.2. The normalized spacial score (nSPS) is 11.8. The van der Waals surface area contributed by atoms with Crippen LogP contribution in [0.15, 0.2) is 29.2 Å². The second-order valence-corrected chi connectivity index (χ2v) is 7.35. The maximum Gasteiger partial charge on any atom is 0.241 e. The standard InChI is InChI=1S/C16H23NO3S/c1-4-16(2,3)13-17-21(19,20)15-11-6-5-9-14(15)10-7-8-12-18/h5-6,9,11,17-18H,4,8,12-13H2,1-3H3. The molecule has 21 heavy (non-hydrogen) atoms. The molecule has 0 amide bonds. The molecule has 0 saturated carbocycles. The summed E-state index contributed by atoms with van der Waals surface area (Å²) >= 11 is 0. The second-order valence-electron chi connectivity index (χ2n) is 5.61. The molecule has 1 rings (SSSR count). The van der Waals surface area contributed by atoms with E-state index >= 15 is 0 Å². The third-order valence-corrected chi connectivity index (χ3v) is 4.79. The Labute approximate surface area is 127 Å². The number of hydrogen-bond donors (Lipinski definition) is 2. The fourth-order valence-corrected chi connectivity index (χ4v) is 2.91.